The smallest absolute Gasteiger partial charge is 0.410 e. The van der Waals surface area contributed by atoms with Gasteiger partial charge in [-0.2, -0.15) is 0 Å². The summed E-state index contributed by atoms with van der Waals surface area (Å²) in [5.74, 6) is 1.51. The molecule has 160 valence electrons. The average Bonchev–Trinajstić information content (AvgIpc) is 3.01. The van der Waals surface area contributed by atoms with Gasteiger partial charge >= 0.3 is 6.09 Å². The van der Waals surface area contributed by atoms with Crippen molar-refractivity contribution in [3.05, 3.63) is 35.6 Å². The van der Waals surface area contributed by atoms with Crippen molar-refractivity contribution >= 4 is 6.09 Å². The van der Waals surface area contributed by atoms with Gasteiger partial charge in [-0.1, -0.05) is 12.5 Å². The molecule has 1 aliphatic carbocycles. The summed E-state index contributed by atoms with van der Waals surface area (Å²) >= 11 is 0. The van der Waals surface area contributed by atoms with Crippen LogP contribution in [0.15, 0.2) is 24.5 Å². The Bertz CT molecular complexity index is 782. The van der Waals surface area contributed by atoms with Crippen molar-refractivity contribution in [2.75, 3.05) is 21.3 Å². The standard InChI is InChI=1S/C23H33NO5/c1-22(2,3)29-21(25)24(4)15-16-10-11-17(27-6)20-19(16)23(13-14-26-5)12-8-7-9-18(23)28-20/h10-11,13-14,18H,7-9,12,15H2,1-6H3/b14-13+/t18-,23-/m0/s1. The van der Waals surface area contributed by atoms with Gasteiger partial charge in [0.25, 0.3) is 0 Å². The molecule has 6 heteroatoms. The van der Waals surface area contributed by atoms with Crippen LogP contribution in [0.25, 0.3) is 0 Å². The lowest BCUT2D eigenvalue weighted by Gasteiger charge is -2.36. The summed E-state index contributed by atoms with van der Waals surface area (Å²) < 4.78 is 22.8. The van der Waals surface area contributed by atoms with Crippen molar-refractivity contribution in [1.29, 1.82) is 0 Å². The van der Waals surface area contributed by atoms with Crippen molar-refractivity contribution in [2.45, 2.75) is 70.1 Å². The fourth-order valence-electron chi connectivity index (χ4n) is 4.41. The predicted molar refractivity (Wildman–Crippen MR) is 111 cm³/mol. The van der Waals surface area contributed by atoms with E-state index < -0.39 is 5.60 Å². The molecule has 0 N–H and O–H groups in total. The van der Waals surface area contributed by atoms with Gasteiger partial charge < -0.3 is 23.8 Å². The molecule has 0 saturated heterocycles. The van der Waals surface area contributed by atoms with Gasteiger partial charge in [0.2, 0.25) is 0 Å². The Hall–Kier alpha value is -2.37. The van der Waals surface area contributed by atoms with Crippen LogP contribution in [-0.2, 0) is 21.4 Å². The van der Waals surface area contributed by atoms with E-state index in [1.165, 1.54) is 0 Å². The summed E-state index contributed by atoms with van der Waals surface area (Å²) in [6.07, 6.45) is 7.77. The van der Waals surface area contributed by atoms with Crippen LogP contribution in [0, 0.1) is 0 Å². The third-order valence-electron chi connectivity index (χ3n) is 5.65. The van der Waals surface area contributed by atoms with Crippen molar-refractivity contribution in [3.63, 3.8) is 0 Å². The summed E-state index contributed by atoms with van der Waals surface area (Å²) in [6, 6.07) is 3.95. The first-order valence-electron chi connectivity index (χ1n) is 10.2. The molecule has 2 atom stereocenters. The number of amides is 1. The van der Waals surface area contributed by atoms with Crippen LogP contribution in [0.1, 0.15) is 57.6 Å². The molecule has 1 amide bonds. The van der Waals surface area contributed by atoms with Crippen LogP contribution in [0.5, 0.6) is 11.5 Å². The minimum Gasteiger partial charge on any atom is -0.505 e. The molecule has 0 unspecified atom stereocenters. The van der Waals surface area contributed by atoms with E-state index in [4.69, 9.17) is 18.9 Å². The molecular formula is C23H33NO5. The summed E-state index contributed by atoms with van der Waals surface area (Å²) in [5.41, 5.74) is 1.33. The number of nitrogens with zero attached hydrogens (tertiary/aromatic N) is 1. The van der Waals surface area contributed by atoms with Crippen molar-refractivity contribution in [3.8, 4) is 11.5 Å². The summed E-state index contributed by atoms with van der Waals surface area (Å²) in [7, 11) is 5.08. The maximum absolute atomic E-state index is 12.5. The molecule has 1 aromatic rings. The Balaban J connectivity index is 2.02. The largest absolute Gasteiger partial charge is 0.505 e. The summed E-state index contributed by atoms with van der Waals surface area (Å²) in [5, 5.41) is 0. The fourth-order valence-corrected chi connectivity index (χ4v) is 4.41. The molecule has 0 radical (unpaired) electrons. The molecule has 3 rings (SSSR count). The molecule has 1 saturated carbocycles. The maximum atomic E-state index is 12.5. The Morgan fingerprint density at radius 2 is 2.07 bits per heavy atom. The number of methoxy groups -OCH3 is 2. The molecule has 1 fully saturated rings. The number of carbonyl (C=O) groups excluding carboxylic acids is 1. The van der Waals surface area contributed by atoms with Crippen LogP contribution < -0.4 is 9.47 Å². The second-order valence-corrected chi connectivity index (χ2v) is 8.90. The minimum absolute atomic E-state index is 0.0412. The molecular weight excluding hydrogens is 370 g/mol. The fraction of sp³-hybridized carbons (Fsp3) is 0.609. The highest BCUT2D eigenvalue weighted by Crippen LogP contribution is 2.55. The minimum atomic E-state index is -0.535. The number of ether oxygens (including phenoxy) is 4. The van der Waals surface area contributed by atoms with Crippen molar-refractivity contribution < 1.29 is 23.7 Å². The third kappa shape index (κ3) is 4.16. The quantitative estimate of drug-likeness (QED) is 0.661. The van der Waals surface area contributed by atoms with Crippen molar-refractivity contribution in [2.24, 2.45) is 0 Å². The highest BCUT2D eigenvalue weighted by molar-refractivity contribution is 5.68. The normalized spacial score (nSPS) is 23.2. The molecule has 1 aliphatic heterocycles. The third-order valence-corrected chi connectivity index (χ3v) is 5.65. The Kier molecular flexibility index (Phi) is 6.01. The SMILES string of the molecule is CO/C=C/[C@@]12CCCC[C@@H]1Oc1c(OC)ccc(CN(C)C(=O)OC(C)(C)C)c12. The highest BCUT2D eigenvalue weighted by Gasteiger charge is 2.51. The first kappa shape index (κ1) is 21.3. The van der Waals surface area contributed by atoms with Crippen LogP contribution in [0.2, 0.25) is 0 Å². The van der Waals surface area contributed by atoms with Crippen LogP contribution in [-0.4, -0.2) is 44.0 Å². The van der Waals surface area contributed by atoms with Gasteiger partial charge in [0.15, 0.2) is 11.5 Å². The van der Waals surface area contributed by atoms with E-state index in [-0.39, 0.29) is 17.6 Å². The van der Waals surface area contributed by atoms with Gasteiger partial charge in [0.1, 0.15) is 11.7 Å². The number of fused-ring (bicyclic) bond motifs is 3. The zero-order valence-electron chi connectivity index (χ0n) is 18.4. The number of benzene rings is 1. The Morgan fingerprint density at radius 1 is 1.31 bits per heavy atom. The lowest BCUT2D eigenvalue weighted by Crippen LogP contribution is -2.40. The van der Waals surface area contributed by atoms with Crippen molar-refractivity contribution in [1.82, 2.24) is 4.90 Å². The Labute approximate surface area is 173 Å². The van der Waals surface area contributed by atoms with Gasteiger partial charge in [-0.05, 0) is 57.7 Å². The molecule has 2 aliphatic rings. The van der Waals surface area contributed by atoms with Gasteiger partial charge in [-0.15, -0.1) is 0 Å². The molecule has 1 heterocycles. The van der Waals surface area contributed by atoms with Crippen LogP contribution in [0.3, 0.4) is 0 Å². The van der Waals surface area contributed by atoms with E-state index in [9.17, 15) is 4.79 Å². The number of hydrogen-bond acceptors (Lipinski definition) is 5. The number of hydrogen-bond donors (Lipinski definition) is 0. The van der Waals surface area contributed by atoms with E-state index in [2.05, 4.69) is 6.08 Å². The molecule has 0 bridgehead atoms. The van der Waals surface area contributed by atoms with E-state index >= 15 is 0 Å². The monoisotopic (exact) mass is 403 g/mol. The second kappa shape index (κ2) is 8.17. The van der Waals surface area contributed by atoms with Crippen LogP contribution >= 0.6 is 0 Å². The lowest BCUT2D eigenvalue weighted by molar-refractivity contribution is 0.0284. The molecule has 0 spiro atoms. The molecule has 29 heavy (non-hydrogen) atoms. The van der Waals surface area contributed by atoms with E-state index in [1.807, 2.05) is 32.9 Å². The van der Waals surface area contributed by atoms with Gasteiger partial charge in [-0.3, -0.25) is 0 Å². The molecule has 1 aromatic carbocycles. The Morgan fingerprint density at radius 3 is 2.72 bits per heavy atom. The van der Waals surface area contributed by atoms with E-state index in [0.29, 0.717) is 6.54 Å². The van der Waals surface area contributed by atoms with Gasteiger partial charge in [-0.25, -0.2) is 4.79 Å². The highest BCUT2D eigenvalue weighted by atomic mass is 16.6. The zero-order chi connectivity index (χ0) is 21.2. The van der Waals surface area contributed by atoms with Crippen LogP contribution in [0.4, 0.5) is 4.79 Å². The zero-order valence-corrected chi connectivity index (χ0v) is 18.4. The predicted octanol–water partition coefficient (Wildman–Crippen LogP) is 4.80. The first-order chi connectivity index (χ1) is 13.7. The average molecular weight is 404 g/mol. The maximum Gasteiger partial charge on any atom is 0.410 e. The topological polar surface area (TPSA) is 57.2 Å². The number of rotatable bonds is 5. The second-order valence-electron chi connectivity index (χ2n) is 8.90. The molecule has 0 aromatic heterocycles. The first-order valence-corrected chi connectivity index (χ1v) is 10.2. The molecule has 6 nitrogen and oxygen atoms in total. The van der Waals surface area contributed by atoms with E-state index in [1.54, 1.807) is 32.4 Å². The van der Waals surface area contributed by atoms with E-state index in [0.717, 1.165) is 48.3 Å². The number of carbonyl (C=O) groups is 1. The summed E-state index contributed by atoms with van der Waals surface area (Å²) in [6.45, 7) is 6.04. The summed E-state index contributed by atoms with van der Waals surface area (Å²) in [4.78, 5) is 14.1. The van der Waals surface area contributed by atoms with Gasteiger partial charge in [0.05, 0.1) is 25.9 Å². The van der Waals surface area contributed by atoms with Gasteiger partial charge in [0, 0.05) is 19.2 Å². The lowest BCUT2D eigenvalue weighted by atomic mass is 9.67.